The first-order valence-electron chi connectivity index (χ1n) is 7.67. The van der Waals surface area contributed by atoms with Gasteiger partial charge in [0.1, 0.15) is 12.1 Å². The molecule has 0 amide bonds. The second kappa shape index (κ2) is 5.45. The Kier molecular flexibility index (Phi) is 3.31. The van der Waals surface area contributed by atoms with Crippen molar-refractivity contribution < 1.29 is 4.74 Å². The van der Waals surface area contributed by atoms with Crippen molar-refractivity contribution in [2.24, 2.45) is 0 Å². The Bertz CT molecular complexity index is 669. The molecule has 1 N–H and O–H groups in total. The van der Waals surface area contributed by atoms with Crippen molar-refractivity contribution in [2.75, 3.05) is 13.2 Å². The SMILES string of the molecule is c1nc2c(c(CCc3ccc4c(c3)CCO4)n1)CNCC2. The van der Waals surface area contributed by atoms with E-state index in [0.717, 1.165) is 51.1 Å². The van der Waals surface area contributed by atoms with Gasteiger partial charge in [0.2, 0.25) is 0 Å². The third-order valence-electron chi connectivity index (χ3n) is 4.37. The number of hydrogen-bond acceptors (Lipinski definition) is 4. The minimum absolute atomic E-state index is 0.823. The molecule has 0 bridgehead atoms. The molecule has 1 aromatic carbocycles. The number of nitrogens with one attached hydrogen (secondary N) is 1. The average molecular weight is 281 g/mol. The Balaban J connectivity index is 1.52. The molecule has 0 radical (unpaired) electrons. The molecule has 0 saturated heterocycles. The molecular formula is C17H19N3O. The van der Waals surface area contributed by atoms with Gasteiger partial charge in [-0.1, -0.05) is 12.1 Å². The normalized spacial score (nSPS) is 16.2. The van der Waals surface area contributed by atoms with Crippen LogP contribution in [0.15, 0.2) is 24.5 Å². The van der Waals surface area contributed by atoms with Crippen LogP contribution in [0.2, 0.25) is 0 Å². The first kappa shape index (κ1) is 12.8. The summed E-state index contributed by atoms with van der Waals surface area (Å²) in [6, 6.07) is 6.57. The zero-order valence-corrected chi connectivity index (χ0v) is 12.1. The Hall–Kier alpha value is -1.94. The van der Waals surface area contributed by atoms with Gasteiger partial charge >= 0.3 is 0 Å². The predicted octanol–water partition coefficient (Wildman–Crippen LogP) is 1.84. The summed E-state index contributed by atoms with van der Waals surface area (Å²) in [6.45, 7) is 2.75. The van der Waals surface area contributed by atoms with E-state index in [-0.39, 0.29) is 0 Å². The fourth-order valence-electron chi connectivity index (χ4n) is 3.20. The molecule has 0 aliphatic carbocycles. The molecule has 0 fully saturated rings. The third kappa shape index (κ3) is 2.51. The van der Waals surface area contributed by atoms with Gasteiger partial charge in [-0.05, 0) is 30.0 Å². The van der Waals surface area contributed by atoms with Crippen molar-refractivity contribution in [1.82, 2.24) is 15.3 Å². The van der Waals surface area contributed by atoms with E-state index in [0.29, 0.717) is 0 Å². The van der Waals surface area contributed by atoms with Crippen LogP contribution >= 0.6 is 0 Å². The number of aromatic nitrogens is 2. The lowest BCUT2D eigenvalue weighted by Gasteiger charge is -2.18. The second-order valence-corrected chi connectivity index (χ2v) is 5.71. The summed E-state index contributed by atoms with van der Waals surface area (Å²) in [6.07, 6.45) is 5.77. The predicted molar refractivity (Wildman–Crippen MR) is 80.5 cm³/mol. The monoisotopic (exact) mass is 281 g/mol. The van der Waals surface area contributed by atoms with Gasteiger partial charge in [-0.25, -0.2) is 9.97 Å². The summed E-state index contributed by atoms with van der Waals surface area (Å²) in [7, 11) is 0. The maximum Gasteiger partial charge on any atom is 0.122 e. The minimum Gasteiger partial charge on any atom is -0.493 e. The number of nitrogens with zero attached hydrogens (tertiary/aromatic N) is 2. The van der Waals surface area contributed by atoms with E-state index < -0.39 is 0 Å². The molecule has 21 heavy (non-hydrogen) atoms. The average Bonchev–Trinajstić information content (AvgIpc) is 3.00. The number of ether oxygens (including phenoxy) is 1. The van der Waals surface area contributed by atoms with Crippen molar-refractivity contribution in [2.45, 2.75) is 32.2 Å². The van der Waals surface area contributed by atoms with Crippen LogP contribution in [0.1, 0.15) is 28.1 Å². The summed E-state index contributed by atoms with van der Waals surface area (Å²) >= 11 is 0. The van der Waals surface area contributed by atoms with Crippen LogP contribution in [-0.4, -0.2) is 23.1 Å². The molecule has 3 heterocycles. The topological polar surface area (TPSA) is 47.0 Å². The highest BCUT2D eigenvalue weighted by Gasteiger charge is 2.16. The highest BCUT2D eigenvalue weighted by Crippen LogP contribution is 2.26. The van der Waals surface area contributed by atoms with Gasteiger partial charge < -0.3 is 10.1 Å². The molecule has 0 atom stereocenters. The van der Waals surface area contributed by atoms with E-state index in [9.17, 15) is 0 Å². The summed E-state index contributed by atoms with van der Waals surface area (Å²) in [5, 5.41) is 3.42. The molecule has 4 nitrogen and oxygen atoms in total. The Labute approximate surface area is 124 Å². The zero-order chi connectivity index (χ0) is 14.1. The molecule has 108 valence electrons. The van der Waals surface area contributed by atoms with Gasteiger partial charge in [0.05, 0.1) is 6.61 Å². The van der Waals surface area contributed by atoms with Gasteiger partial charge in [0.15, 0.2) is 0 Å². The van der Waals surface area contributed by atoms with Gasteiger partial charge in [0, 0.05) is 42.9 Å². The maximum atomic E-state index is 5.56. The number of benzene rings is 1. The Morgan fingerprint density at radius 2 is 2.14 bits per heavy atom. The van der Waals surface area contributed by atoms with Gasteiger partial charge in [-0.3, -0.25) is 0 Å². The molecule has 0 saturated carbocycles. The fourth-order valence-corrected chi connectivity index (χ4v) is 3.20. The Morgan fingerprint density at radius 3 is 3.14 bits per heavy atom. The lowest BCUT2D eigenvalue weighted by atomic mass is 9.99. The minimum atomic E-state index is 0.823. The number of rotatable bonds is 3. The summed E-state index contributed by atoms with van der Waals surface area (Å²) in [5.41, 5.74) is 6.45. The number of fused-ring (bicyclic) bond motifs is 2. The fraction of sp³-hybridized carbons (Fsp3) is 0.412. The van der Waals surface area contributed by atoms with Crippen LogP contribution in [0.3, 0.4) is 0 Å². The molecule has 4 heteroatoms. The summed E-state index contributed by atoms with van der Waals surface area (Å²) in [5.74, 6) is 1.06. The van der Waals surface area contributed by atoms with Crippen molar-refractivity contribution in [3.8, 4) is 5.75 Å². The first-order valence-corrected chi connectivity index (χ1v) is 7.67. The zero-order valence-electron chi connectivity index (χ0n) is 12.1. The lowest BCUT2D eigenvalue weighted by Crippen LogP contribution is -2.26. The molecule has 2 aliphatic rings. The van der Waals surface area contributed by atoms with Crippen LogP contribution in [0.5, 0.6) is 5.75 Å². The van der Waals surface area contributed by atoms with Crippen molar-refractivity contribution in [3.63, 3.8) is 0 Å². The van der Waals surface area contributed by atoms with Crippen molar-refractivity contribution in [1.29, 1.82) is 0 Å². The van der Waals surface area contributed by atoms with E-state index in [1.54, 1.807) is 6.33 Å². The van der Waals surface area contributed by atoms with Crippen molar-refractivity contribution >= 4 is 0 Å². The number of hydrogen-bond donors (Lipinski definition) is 1. The van der Waals surface area contributed by atoms with Crippen LogP contribution in [0.25, 0.3) is 0 Å². The summed E-state index contributed by atoms with van der Waals surface area (Å²) in [4.78, 5) is 8.92. The van der Waals surface area contributed by atoms with E-state index in [1.807, 2.05) is 0 Å². The smallest absolute Gasteiger partial charge is 0.122 e. The third-order valence-corrected chi connectivity index (χ3v) is 4.37. The maximum absolute atomic E-state index is 5.56. The van der Waals surface area contributed by atoms with E-state index >= 15 is 0 Å². The summed E-state index contributed by atoms with van der Waals surface area (Å²) < 4.78 is 5.56. The Morgan fingerprint density at radius 1 is 1.14 bits per heavy atom. The first-order chi connectivity index (χ1) is 10.4. The van der Waals surface area contributed by atoms with Gasteiger partial charge in [-0.15, -0.1) is 0 Å². The second-order valence-electron chi connectivity index (χ2n) is 5.71. The standard InChI is InChI=1S/C17H19N3O/c1(12-2-4-17-13(9-12)6-8-21-17)3-15-14-10-18-7-5-16(14)20-11-19-15/h2,4,9,11,18H,1,3,5-8,10H2. The quantitative estimate of drug-likeness (QED) is 0.932. The van der Waals surface area contributed by atoms with Crippen molar-refractivity contribution in [3.05, 3.63) is 52.6 Å². The van der Waals surface area contributed by atoms with E-state index in [1.165, 1.54) is 28.1 Å². The highest BCUT2D eigenvalue weighted by molar-refractivity contribution is 5.40. The van der Waals surface area contributed by atoms with Crippen LogP contribution in [-0.2, 0) is 32.2 Å². The molecule has 0 spiro atoms. The van der Waals surface area contributed by atoms with Gasteiger partial charge in [-0.2, -0.15) is 0 Å². The largest absolute Gasteiger partial charge is 0.493 e. The van der Waals surface area contributed by atoms with E-state index in [4.69, 9.17) is 4.74 Å². The van der Waals surface area contributed by atoms with Crippen LogP contribution < -0.4 is 10.1 Å². The molecular weight excluding hydrogens is 262 g/mol. The highest BCUT2D eigenvalue weighted by atomic mass is 16.5. The van der Waals surface area contributed by atoms with Gasteiger partial charge in [0.25, 0.3) is 0 Å². The molecule has 2 aliphatic heterocycles. The van der Waals surface area contributed by atoms with Crippen LogP contribution in [0.4, 0.5) is 0 Å². The lowest BCUT2D eigenvalue weighted by molar-refractivity contribution is 0.357. The molecule has 0 unspecified atom stereocenters. The molecule has 4 rings (SSSR count). The van der Waals surface area contributed by atoms with E-state index in [2.05, 4.69) is 33.5 Å². The number of aryl methyl sites for hydroxylation is 2. The molecule has 2 aromatic rings. The van der Waals surface area contributed by atoms with Crippen LogP contribution in [0, 0.1) is 0 Å². The molecule has 1 aromatic heterocycles.